The molecule has 1 aromatic heterocycles. The highest BCUT2D eigenvalue weighted by Crippen LogP contribution is 2.31. The normalized spacial score (nSPS) is 11.5. The minimum absolute atomic E-state index is 0.172. The topological polar surface area (TPSA) is 68.7 Å². The number of sulfonamides is 1. The summed E-state index contributed by atoms with van der Waals surface area (Å²) in [6.07, 6.45) is 3.28. The van der Waals surface area contributed by atoms with Crippen molar-refractivity contribution >= 4 is 10.0 Å². The van der Waals surface area contributed by atoms with Gasteiger partial charge in [0.05, 0.1) is 18.1 Å². The van der Waals surface area contributed by atoms with Crippen LogP contribution in [0.15, 0.2) is 47.6 Å². The molecule has 0 saturated heterocycles. The summed E-state index contributed by atoms with van der Waals surface area (Å²) in [5.41, 5.74) is 0.868. The van der Waals surface area contributed by atoms with Gasteiger partial charge in [-0.1, -0.05) is 0 Å². The molecule has 130 valence electrons. The first-order valence-corrected chi connectivity index (χ1v) is 9.18. The molecular formula is C17H22N2O4S. The van der Waals surface area contributed by atoms with Crippen molar-refractivity contribution in [3.63, 3.8) is 0 Å². The first-order chi connectivity index (χ1) is 11.5. The molecule has 0 amide bonds. The van der Waals surface area contributed by atoms with Crippen molar-refractivity contribution in [1.82, 2.24) is 9.29 Å². The number of hydrogen-bond acceptors (Lipinski definition) is 5. The van der Waals surface area contributed by atoms with Crippen LogP contribution in [0.5, 0.6) is 11.5 Å². The maximum atomic E-state index is 12.8. The number of hydrogen-bond donors (Lipinski definition) is 0. The molecule has 0 bridgehead atoms. The van der Waals surface area contributed by atoms with Crippen LogP contribution in [0, 0.1) is 0 Å². The zero-order valence-electron chi connectivity index (χ0n) is 14.1. The van der Waals surface area contributed by atoms with Gasteiger partial charge in [0.2, 0.25) is 10.0 Å². The lowest BCUT2D eigenvalue weighted by molar-refractivity contribution is 0.287. The van der Waals surface area contributed by atoms with Crippen molar-refractivity contribution in [1.29, 1.82) is 0 Å². The monoisotopic (exact) mass is 350 g/mol. The minimum atomic E-state index is -3.63. The van der Waals surface area contributed by atoms with Crippen molar-refractivity contribution in [2.75, 3.05) is 20.3 Å². The number of benzene rings is 1. The minimum Gasteiger partial charge on any atom is -0.490 e. The van der Waals surface area contributed by atoms with Crippen LogP contribution >= 0.6 is 0 Å². The van der Waals surface area contributed by atoms with Crippen LogP contribution in [0.1, 0.15) is 19.4 Å². The van der Waals surface area contributed by atoms with Gasteiger partial charge in [0.15, 0.2) is 11.5 Å². The lowest BCUT2D eigenvalue weighted by Crippen LogP contribution is -2.26. The fourth-order valence-corrected chi connectivity index (χ4v) is 3.38. The Bertz CT molecular complexity index is 763. The van der Waals surface area contributed by atoms with E-state index in [0.717, 1.165) is 5.56 Å². The summed E-state index contributed by atoms with van der Waals surface area (Å²) in [6, 6.07) is 8.24. The molecule has 0 unspecified atom stereocenters. The molecule has 1 heterocycles. The van der Waals surface area contributed by atoms with Gasteiger partial charge in [0.25, 0.3) is 0 Å². The standard InChI is InChI=1S/C17H22N2O4S/c1-4-22-16-7-6-15(12-17(16)23-5-2)24(20,21)19(3)13-14-8-10-18-11-9-14/h6-12H,4-5,13H2,1-3H3. The van der Waals surface area contributed by atoms with Crippen LogP contribution in [-0.4, -0.2) is 38.0 Å². The Morgan fingerprint density at radius 3 is 2.25 bits per heavy atom. The third-order valence-electron chi connectivity index (χ3n) is 3.38. The zero-order valence-corrected chi connectivity index (χ0v) is 14.9. The highest BCUT2D eigenvalue weighted by molar-refractivity contribution is 7.89. The lowest BCUT2D eigenvalue weighted by atomic mass is 10.3. The second-order valence-corrected chi connectivity index (χ2v) is 7.14. The highest BCUT2D eigenvalue weighted by atomic mass is 32.2. The second kappa shape index (κ2) is 8.12. The van der Waals surface area contributed by atoms with Gasteiger partial charge in [-0.3, -0.25) is 4.98 Å². The predicted molar refractivity (Wildman–Crippen MR) is 91.7 cm³/mol. The highest BCUT2D eigenvalue weighted by Gasteiger charge is 2.22. The third-order valence-corrected chi connectivity index (χ3v) is 5.18. The zero-order chi connectivity index (χ0) is 17.6. The third kappa shape index (κ3) is 4.24. The average Bonchev–Trinajstić information content (AvgIpc) is 2.57. The fraction of sp³-hybridized carbons (Fsp3) is 0.353. The van der Waals surface area contributed by atoms with E-state index in [9.17, 15) is 8.42 Å². The quantitative estimate of drug-likeness (QED) is 0.732. The van der Waals surface area contributed by atoms with Crippen LogP contribution in [-0.2, 0) is 16.6 Å². The first kappa shape index (κ1) is 18.2. The molecular weight excluding hydrogens is 328 g/mol. The van der Waals surface area contributed by atoms with Crippen molar-refractivity contribution in [2.24, 2.45) is 0 Å². The molecule has 1 aromatic carbocycles. The molecule has 0 saturated carbocycles. The largest absolute Gasteiger partial charge is 0.490 e. The maximum absolute atomic E-state index is 12.8. The van der Waals surface area contributed by atoms with E-state index in [1.807, 2.05) is 13.8 Å². The second-order valence-electron chi connectivity index (χ2n) is 5.09. The molecule has 0 aliphatic rings. The van der Waals surface area contributed by atoms with E-state index < -0.39 is 10.0 Å². The lowest BCUT2D eigenvalue weighted by Gasteiger charge is -2.18. The fourth-order valence-electron chi connectivity index (χ4n) is 2.20. The van der Waals surface area contributed by atoms with Crippen LogP contribution in [0.2, 0.25) is 0 Å². The van der Waals surface area contributed by atoms with Gasteiger partial charge in [-0.05, 0) is 43.7 Å². The molecule has 2 rings (SSSR count). The van der Waals surface area contributed by atoms with Crippen LogP contribution in [0.4, 0.5) is 0 Å². The summed E-state index contributed by atoms with van der Waals surface area (Å²) in [4.78, 5) is 4.11. The molecule has 0 aliphatic carbocycles. The molecule has 0 fully saturated rings. The van der Waals surface area contributed by atoms with E-state index in [1.54, 1.807) is 37.6 Å². The Morgan fingerprint density at radius 2 is 1.62 bits per heavy atom. The first-order valence-electron chi connectivity index (χ1n) is 7.74. The van der Waals surface area contributed by atoms with Crippen molar-refractivity contribution in [2.45, 2.75) is 25.3 Å². The van der Waals surface area contributed by atoms with Crippen LogP contribution in [0.3, 0.4) is 0 Å². The molecule has 0 atom stereocenters. The van der Waals surface area contributed by atoms with Gasteiger partial charge in [-0.25, -0.2) is 8.42 Å². The maximum Gasteiger partial charge on any atom is 0.243 e. The van der Waals surface area contributed by atoms with Crippen molar-refractivity contribution in [3.05, 3.63) is 48.3 Å². The molecule has 0 N–H and O–H groups in total. The van der Waals surface area contributed by atoms with Gasteiger partial charge in [0, 0.05) is 32.1 Å². The molecule has 24 heavy (non-hydrogen) atoms. The number of pyridine rings is 1. The molecule has 0 spiro atoms. The summed E-state index contributed by atoms with van der Waals surface area (Å²) >= 11 is 0. The van der Waals surface area contributed by atoms with Gasteiger partial charge in [-0.15, -0.1) is 0 Å². The Balaban J connectivity index is 2.29. The van der Waals surface area contributed by atoms with Crippen molar-refractivity contribution in [3.8, 4) is 11.5 Å². The Labute approximate surface area is 143 Å². The molecule has 2 aromatic rings. The summed E-state index contributed by atoms with van der Waals surface area (Å²) in [6.45, 7) is 4.88. The van der Waals surface area contributed by atoms with E-state index in [1.165, 1.54) is 16.4 Å². The van der Waals surface area contributed by atoms with Gasteiger partial charge >= 0.3 is 0 Å². The number of aromatic nitrogens is 1. The Hall–Kier alpha value is -2.12. The van der Waals surface area contributed by atoms with Crippen LogP contribution < -0.4 is 9.47 Å². The van der Waals surface area contributed by atoms with Gasteiger partial charge in [-0.2, -0.15) is 4.31 Å². The average molecular weight is 350 g/mol. The number of rotatable bonds is 8. The summed E-state index contributed by atoms with van der Waals surface area (Å²) in [7, 11) is -2.08. The van der Waals surface area contributed by atoms with Crippen molar-refractivity contribution < 1.29 is 17.9 Å². The van der Waals surface area contributed by atoms with Crippen LogP contribution in [0.25, 0.3) is 0 Å². The molecule has 0 aliphatic heterocycles. The van der Waals surface area contributed by atoms with Gasteiger partial charge in [0.1, 0.15) is 0 Å². The smallest absolute Gasteiger partial charge is 0.243 e. The Morgan fingerprint density at radius 1 is 1.00 bits per heavy atom. The van der Waals surface area contributed by atoms with E-state index in [-0.39, 0.29) is 11.4 Å². The van der Waals surface area contributed by atoms with Gasteiger partial charge < -0.3 is 9.47 Å². The predicted octanol–water partition coefficient (Wildman–Crippen LogP) is 2.70. The van der Waals surface area contributed by atoms with E-state index in [2.05, 4.69) is 4.98 Å². The summed E-state index contributed by atoms with van der Waals surface area (Å²) < 4.78 is 37.8. The SMILES string of the molecule is CCOc1ccc(S(=O)(=O)N(C)Cc2ccncc2)cc1OCC. The molecule has 6 nitrogen and oxygen atoms in total. The Kier molecular flexibility index (Phi) is 6.16. The number of nitrogens with zero attached hydrogens (tertiary/aromatic N) is 2. The van der Waals surface area contributed by atoms with E-state index >= 15 is 0 Å². The molecule has 0 radical (unpaired) electrons. The summed E-state index contributed by atoms with van der Waals surface area (Å²) in [5, 5.41) is 0. The van der Waals surface area contributed by atoms with E-state index in [4.69, 9.17) is 9.47 Å². The number of ether oxygens (including phenoxy) is 2. The molecule has 7 heteroatoms. The van der Waals surface area contributed by atoms with E-state index in [0.29, 0.717) is 24.7 Å². The summed E-state index contributed by atoms with van der Waals surface area (Å²) in [5.74, 6) is 0.966.